The zero-order valence-corrected chi connectivity index (χ0v) is 15.3. The van der Waals surface area contributed by atoms with Crippen molar-refractivity contribution in [2.45, 2.75) is 115 Å². The number of rotatable bonds is 3. The Hall–Kier alpha value is -0.770. The van der Waals surface area contributed by atoms with E-state index in [1.807, 2.05) is 20.8 Å². The van der Waals surface area contributed by atoms with E-state index < -0.39 is 5.60 Å². The normalized spacial score (nSPS) is 27.8. The molecule has 0 spiro atoms. The Morgan fingerprint density at radius 1 is 0.783 bits per heavy atom. The molecule has 0 aromatic carbocycles. The van der Waals surface area contributed by atoms with Crippen LogP contribution in [-0.4, -0.2) is 29.8 Å². The molecule has 0 saturated heterocycles. The monoisotopic (exact) mass is 324 g/mol. The summed E-state index contributed by atoms with van der Waals surface area (Å²) in [5.74, 6) is 0. The molecule has 0 unspecified atom stereocenters. The van der Waals surface area contributed by atoms with E-state index in [4.69, 9.17) is 4.74 Å². The third-order valence-electron chi connectivity index (χ3n) is 5.02. The second-order valence-electron chi connectivity index (χ2n) is 8.40. The average molecular weight is 325 g/mol. The molecule has 1 amide bonds. The molecular formula is C19H36N2O2. The molecule has 0 bridgehead atoms. The molecule has 134 valence electrons. The largest absolute Gasteiger partial charge is 0.444 e. The van der Waals surface area contributed by atoms with Gasteiger partial charge in [0.25, 0.3) is 0 Å². The summed E-state index contributed by atoms with van der Waals surface area (Å²) in [6.45, 7) is 5.72. The van der Waals surface area contributed by atoms with Crippen LogP contribution in [0.1, 0.15) is 91.4 Å². The van der Waals surface area contributed by atoms with Gasteiger partial charge in [-0.1, -0.05) is 32.1 Å². The molecule has 2 aliphatic rings. The summed E-state index contributed by atoms with van der Waals surface area (Å²) in [7, 11) is 0. The highest BCUT2D eigenvalue weighted by molar-refractivity contribution is 5.68. The van der Waals surface area contributed by atoms with Gasteiger partial charge in [-0.05, 0) is 59.3 Å². The van der Waals surface area contributed by atoms with Crippen LogP contribution in [0.25, 0.3) is 0 Å². The van der Waals surface area contributed by atoms with Crippen molar-refractivity contribution in [2.24, 2.45) is 0 Å². The first kappa shape index (κ1) is 18.6. The molecule has 0 aromatic heterocycles. The third-order valence-corrected chi connectivity index (χ3v) is 5.02. The van der Waals surface area contributed by atoms with E-state index in [1.165, 1.54) is 44.9 Å². The van der Waals surface area contributed by atoms with E-state index >= 15 is 0 Å². The van der Waals surface area contributed by atoms with Crippen LogP contribution >= 0.6 is 0 Å². The van der Waals surface area contributed by atoms with Crippen molar-refractivity contribution < 1.29 is 9.53 Å². The summed E-state index contributed by atoms with van der Waals surface area (Å²) in [4.78, 5) is 11.8. The van der Waals surface area contributed by atoms with Crippen LogP contribution in [0.5, 0.6) is 0 Å². The number of hydrogen-bond acceptors (Lipinski definition) is 3. The highest BCUT2D eigenvalue weighted by Gasteiger charge is 2.26. The minimum Gasteiger partial charge on any atom is -0.444 e. The smallest absolute Gasteiger partial charge is 0.407 e. The second-order valence-corrected chi connectivity index (χ2v) is 8.40. The van der Waals surface area contributed by atoms with E-state index in [1.54, 1.807) is 0 Å². The Balaban J connectivity index is 1.66. The van der Waals surface area contributed by atoms with Gasteiger partial charge in [0, 0.05) is 18.1 Å². The van der Waals surface area contributed by atoms with E-state index in [2.05, 4.69) is 10.6 Å². The summed E-state index contributed by atoms with van der Waals surface area (Å²) in [6.07, 6.45) is 13.9. The predicted molar refractivity (Wildman–Crippen MR) is 94.7 cm³/mol. The molecular weight excluding hydrogens is 288 g/mol. The average Bonchev–Trinajstić information content (AvgIpc) is 2.41. The predicted octanol–water partition coefficient (Wildman–Crippen LogP) is 4.52. The second kappa shape index (κ2) is 8.91. The Morgan fingerprint density at radius 3 is 1.83 bits per heavy atom. The lowest BCUT2D eigenvalue weighted by atomic mass is 9.89. The molecule has 23 heavy (non-hydrogen) atoms. The van der Waals surface area contributed by atoms with Gasteiger partial charge in [0.05, 0.1) is 0 Å². The van der Waals surface area contributed by atoms with Gasteiger partial charge in [0.1, 0.15) is 5.60 Å². The lowest BCUT2D eigenvalue weighted by molar-refractivity contribution is 0.0489. The van der Waals surface area contributed by atoms with E-state index in [0.717, 1.165) is 31.7 Å². The van der Waals surface area contributed by atoms with E-state index in [9.17, 15) is 4.79 Å². The minimum atomic E-state index is -0.416. The molecule has 2 aliphatic carbocycles. The summed E-state index contributed by atoms with van der Waals surface area (Å²) in [6, 6.07) is 1.63. The van der Waals surface area contributed by atoms with Crippen LogP contribution in [0.4, 0.5) is 4.79 Å². The number of carbonyl (C=O) groups excluding carboxylic acids is 1. The van der Waals surface area contributed by atoms with Crippen LogP contribution in [0.3, 0.4) is 0 Å². The first-order valence-corrected chi connectivity index (χ1v) is 9.68. The van der Waals surface area contributed by atoms with Crippen LogP contribution < -0.4 is 10.6 Å². The number of nitrogens with one attached hydrogen (secondary N) is 2. The van der Waals surface area contributed by atoms with Gasteiger partial charge in [-0.3, -0.25) is 0 Å². The fourth-order valence-corrected chi connectivity index (χ4v) is 3.83. The Bertz CT molecular complexity index is 349. The van der Waals surface area contributed by atoms with E-state index in [-0.39, 0.29) is 12.1 Å². The molecule has 0 aliphatic heterocycles. The molecule has 0 heterocycles. The first-order chi connectivity index (χ1) is 10.9. The van der Waals surface area contributed by atoms with Gasteiger partial charge in [0.2, 0.25) is 0 Å². The maximum absolute atomic E-state index is 11.8. The number of alkyl carbamates (subject to hydrolysis) is 1. The van der Waals surface area contributed by atoms with Gasteiger partial charge in [-0.2, -0.15) is 0 Å². The highest BCUT2D eigenvalue weighted by Crippen LogP contribution is 2.23. The Morgan fingerprint density at radius 2 is 1.26 bits per heavy atom. The fraction of sp³-hybridized carbons (Fsp3) is 0.947. The molecule has 2 saturated carbocycles. The van der Waals surface area contributed by atoms with Gasteiger partial charge in [0.15, 0.2) is 0 Å². The van der Waals surface area contributed by atoms with Crippen molar-refractivity contribution >= 4 is 6.09 Å². The zero-order chi connectivity index (χ0) is 16.7. The van der Waals surface area contributed by atoms with Gasteiger partial charge < -0.3 is 15.4 Å². The van der Waals surface area contributed by atoms with E-state index in [0.29, 0.717) is 6.04 Å². The lowest BCUT2D eigenvalue weighted by Gasteiger charge is -2.33. The zero-order valence-electron chi connectivity index (χ0n) is 15.3. The van der Waals surface area contributed by atoms with Crippen molar-refractivity contribution in [3.05, 3.63) is 0 Å². The third kappa shape index (κ3) is 7.56. The molecule has 0 radical (unpaired) electrons. The maximum atomic E-state index is 11.8. The van der Waals surface area contributed by atoms with Crippen LogP contribution in [0, 0.1) is 0 Å². The van der Waals surface area contributed by atoms with Gasteiger partial charge in [-0.25, -0.2) is 4.79 Å². The molecule has 2 fully saturated rings. The van der Waals surface area contributed by atoms with Crippen molar-refractivity contribution in [3.63, 3.8) is 0 Å². The summed E-state index contributed by atoms with van der Waals surface area (Å²) < 4.78 is 5.35. The molecule has 0 atom stereocenters. The van der Waals surface area contributed by atoms with Crippen LogP contribution in [-0.2, 0) is 4.74 Å². The standard InChI is InChI=1S/C19H36N2O2/c1-19(2,3)23-18(22)21-17-13-11-16(12-14-17)20-15-9-7-5-4-6-8-10-15/h15-17,20H,4-14H2,1-3H3,(H,21,22). The molecule has 4 heteroatoms. The number of hydrogen-bond donors (Lipinski definition) is 2. The Kier molecular flexibility index (Phi) is 7.19. The minimum absolute atomic E-state index is 0.270. The summed E-state index contributed by atoms with van der Waals surface area (Å²) >= 11 is 0. The Labute approximate surface area is 142 Å². The summed E-state index contributed by atoms with van der Waals surface area (Å²) in [5.41, 5.74) is -0.416. The molecule has 2 rings (SSSR count). The number of ether oxygens (including phenoxy) is 1. The molecule has 4 nitrogen and oxygen atoms in total. The first-order valence-electron chi connectivity index (χ1n) is 9.68. The van der Waals surface area contributed by atoms with Gasteiger partial charge >= 0.3 is 6.09 Å². The van der Waals surface area contributed by atoms with Crippen LogP contribution in [0.15, 0.2) is 0 Å². The summed E-state index contributed by atoms with van der Waals surface area (Å²) in [5, 5.41) is 6.92. The topological polar surface area (TPSA) is 50.4 Å². The lowest BCUT2D eigenvalue weighted by Crippen LogP contribution is -2.46. The molecule has 0 aromatic rings. The highest BCUT2D eigenvalue weighted by atomic mass is 16.6. The SMILES string of the molecule is CC(C)(C)OC(=O)NC1CCC(NC2CCCCCCC2)CC1. The van der Waals surface area contributed by atoms with Crippen molar-refractivity contribution in [2.75, 3.05) is 0 Å². The van der Waals surface area contributed by atoms with Crippen LogP contribution in [0.2, 0.25) is 0 Å². The molecule has 2 N–H and O–H groups in total. The van der Waals surface area contributed by atoms with Gasteiger partial charge in [-0.15, -0.1) is 0 Å². The number of amides is 1. The quantitative estimate of drug-likeness (QED) is 0.802. The fourth-order valence-electron chi connectivity index (χ4n) is 3.83. The van der Waals surface area contributed by atoms with Crippen molar-refractivity contribution in [3.8, 4) is 0 Å². The van der Waals surface area contributed by atoms with Crippen molar-refractivity contribution in [1.82, 2.24) is 10.6 Å². The maximum Gasteiger partial charge on any atom is 0.407 e. The number of carbonyl (C=O) groups is 1. The van der Waals surface area contributed by atoms with Crippen molar-refractivity contribution in [1.29, 1.82) is 0 Å².